The molecule has 0 radical (unpaired) electrons. The van der Waals surface area contributed by atoms with Crippen LogP contribution in [-0.2, 0) is 19.6 Å². The molecule has 0 aromatic heterocycles. The van der Waals surface area contributed by atoms with Gasteiger partial charge in [0.15, 0.2) is 0 Å². The fourth-order valence-corrected chi connectivity index (χ4v) is 5.96. The van der Waals surface area contributed by atoms with Gasteiger partial charge in [-0.1, -0.05) is 44.2 Å². The van der Waals surface area contributed by atoms with E-state index in [0.29, 0.717) is 35.6 Å². The molecule has 2 aromatic carbocycles. The number of methoxy groups -OCH3 is 1. The zero-order valence-corrected chi connectivity index (χ0v) is 20.5. The first-order valence-corrected chi connectivity index (χ1v) is 12.8. The van der Waals surface area contributed by atoms with E-state index >= 15 is 0 Å². The molecule has 2 aromatic rings. The van der Waals surface area contributed by atoms with Gasteiger partial charge in [0, 0.05) is 24.6 Å². The smallest absolute Gasteiger partial charge is 0.322 e. The fourth-order valence-electron chi connectivity index (χ4n) is 4.13. The number of carbonyl (C=O) groups excluding carboxylic acids is 1. The highest BCUT2D eigenvalue weighted by Crippen LogP contribution is 2.33. The molecule has 0 saturated carbocycles. The van der Waals surface area contributed by atoms with E-state index in [0.717, 1.165) is 10.7 Å². The number of carbonyl (C=O) groups is 2. The van der Waals surface area contributed by atoms with Crippen molar-refractivity contribution in [2.45, 2.75) is 56.5 Å². The number of rotatable bonds is 9. The normalized spacial score (nSPS) is 19.1. The predicted molar refractivity (Wildman–Crippen MR) is 129 cm³/mol. The summed E-state index contributed by atoms with van der Waals surface area (Å²) in [5.74, 6) is -0.335. The summed E-state index contributed by atoms with van der Waals surface area (Å²) in [4.78, 5) is 24.4. The molecule has 184 valence electrons. The van der Waals surface area contributed by atoms with Crippen molar-refractivity contribution in [3.8, 4) is 16.9 Å². The Morgan fingerprint density at radius 3 is 2.44 bits per heavy atom. The van der Waals surface area contributed by atoms with Crippen LogP contribution in [0.4, 0.5) is 0 Å². The van der Waals surface area contributed by atoms with E-state index in [2.05, 4.69) is 5.32 Å². The lowest BCUT2D eigenvalue weighted by Crippen LogP contribution is -2.54. The van der Waals surface area contributed by atoms with Crippen LogP contribution in [0.3, 0.4) is 0 Å². The molecular formula is C25H32N2O6S. The van der Waals surface area contributed by atoms with Crippen molar-refractivity contribution >= 4 is 21.9 Å². The fraction of sp³-hybridized carbons (Fsp3) is 0.440. The molecule has 0 spiro atoms. The molecule has 1 amide bonds. The minimum Gasteiger partial charge on any atom is -0.497 e. The average molecular weight is 489 g/mol. The summed E-state index contributed by atoms with van der Waals surface area (Å²) in [6.45, 7) is 4.06. The molecule has 1 aliphatic heterocycles. The van der Waals surface area contributed by atoms with Crippen LogP contribution < -0.4 is 10.1 Å². The van der Waals surface area contributed by atoms with E-state index < -0.39 is 22.0 Å². The maximum Gasteiger partial charge on any atom is 0.322 e. The number of piperidine rings is 1. The van der Waals surface area contributed by atoms with Gasteiger partial charge in [-0.05, 0) is 48.9 Å². The van der Waals surface area contributed by atoms with E-state index in [1.54, 1.807) is 49.6 Å². The van der Waals surface area contributed by atoms with Gasteiger partial charge in [-0.25, -0.2) is 8.42 Å². The molecule has 0 aliphatic carbocycles. The molecule has 9 heteroatoms. The number of ether oxygens (including phenoxy) is 1. The maximum atomic E-state index is 13.7. The van der Waals surface area contributed by atoms with Gasteiger partial charge >= 0.3 is 5.97 Å². The molecule has 0 bridgehead atoms. The second kappa shape index (κ2) is 11.0. The Labute approximate surface area is 201 Å². The third-order valence-corrected chi connectivity index (χ3v) is 7.99. The molecule has 1 aliphatic rings. The van der Waals surface area contributed by atoms with Crippen molar-refractivity contribution < 1.29 is 27.9 Å². The van der Waals surface area contributed by atoms with Gasteiger partial charge in [0.25, 0.3) is 0 Å². The largest absolute Gasteiger partial charge is 0.497 e. The second-order valence-corrected chi connectivity index (χ2v) is 10.8. The van der Waals surface area contributed by atoms with Crippen LogP contribution in [0, 0.1) is 5.92 Å². The summed E-state index contributed by atoms with van der Waals surface area (Å²) in [5.41, 5.74) is 1.16. The van der Waals surface area contributed by atoms with Gasteiger partial charge in [0.05, 0.1) is 12.0 Å². The lowest BCUT2D eigenvalue weighted by Gasteiger charge is -2.36. The Morgan fingerprint density at radius 1 is 1.15 bits per heavy atom. The van der Waals surface area contributed by atoms with Gasteiger partial charge < -0.3 is 15.2 Å². The van der Waals surface area contributed by atoms with Gasteiger partial charge in [-0.15, -0.1) is 0 Å². The topological polar surface area (TPSA) is 113 Å². The summed E-state index contributed by atoms with van der Waals surface area (Å²) in [7, 11) is -2.56. The Hall–Kier alpha value is -2.91. The van der Waals surface area contributed by atoms with Crippen molar-refractivity contribution in [1.29, 1.82) is 0 Å². The standard InChI is InChI=1S/C25H32N2O6S/c1-17(2)8-13-24(28)26-19-14-15-27(22(16-19)25(29)30)34(31,32)23-7-5-4-6-21(23)18-9-11-20(33-3)12-10-18/h4-7,9-12,17,19,22H,8,13-16H2,1-3H3,(H,26,28)(H,29,30)/t19-,22-/m1/s1. The van der Waals surface area contributed by atoms with Crippen LogP contribution in [0.2, 0.25) is 0 Å². The molecule has 0 unspecified atom stereocenters. The first-order chi connectivity index (χ1) is 16.1. The quantitative estimate of drug-likeness (QED) is 0.558. The van der Waals surface area contributed by atoms with Crippen LogP contribution in [-0.4, -0.2) is 55.4 Å². The molecule has 3 rings (SSSR count). The highest BCUT2D eigenvalue weighted by atomic mass is 32.2. The highest BCUT2D eigenvalue weighted by molar-refractivity contribution is 7.89. The van der Waals surface area contributed by atoms with Crippen molar-refractivity contribution in [3.05, 3.63) is 48.5 Å². The number of nitrogens with zero attached hydrogens (tertiary/aromatic N) is 1. The Bertz CT molecular complexity index is 1110. The van der Waals surface area contributed by atoms with Gasteiger partial charge in [0.1, 0.15) is 11.8 Å². The molecule has 2 atom stereocenters. The van der Waals surface area contributed by atoms with Crippen molar-refractivity contribution in [1.82, 2.24) is 9.62 Å². The molecule has 8 nitrogen and oxygen atoms in total. The van der Waals surface area contributed by atoms with E-state index in [9.17, 15) is 23.1 Å². The van der Waals surface area contributed by atoms with Crippen LogP contribution in [0.15, 0.2) is 53.4 Å². The molecule has 2 N–H and O–H groups in total. The number of hydrogen-bond acceptors (Lipinski definition) is 5. The zero-order valence-electron chi connectivity index (χ0n) is 19.7. The second-order valence-electron chi connectivity index (χ2n) is 8.92. The number of nitrogens with one attached hydrogen (secondary N) is 1. The van der Waals surface area contributed by atoms with Crippen molar-refractivity contribution in [3.63, 3.8) is 0 Å². The van der Waals surface area contributed by atoms with Crippen molar-refractivity contribution in [2.24, 2.45) is 5.92 Å². The molecule has 1 fully saturated rings. The SMILES string of the molecule is COc1ccc(-c2ccccc2S(=O)(=O)N2CC[C@@H](NC(=O)CCC(C)C)C[C@@H]2C(=O)O)cc1. The van der Waals surface area contributed by atoms with Crippen LogP contribution in [0.5, 0.6) is 5.75 Å². The van der Waals surface area contributed by atoms with Gasteiger partial charge in [-0.2, -0.15) is 4.31 Å². The molecule has 1 saturated heterocycles. The average Bonchev–Trinajstić information content (AvgIpc) is 2.82. The summed E-state index contributed by atoms with van der Waals surface area (Å²) >= 11 is 0. The number of benzene rings is 2. The number of hydrogen-bond donors (Lipinski definition) is 2. The number of sulfonamides is 1. The third kappa shape index (κ3) is 5.95. The van der Waals surface area contributed by atoms with E-state index in [-0.39, 0.29) is 29.8 Å². The zero-order chi connectivity index (χ0) is 24.9. The van der Waals surface area contributed by atoms with Crippen molar-refractivity contribution in [2.75, 3.05) is 13.7 Å². The minimum absolute atomic E-state index is 0.00533. The summed E-state index contributed by atoms with van der Waals surface area (Å²) in [6, 6.07) is 11.9. The van der Waals surface area contributed by atoms with Gasteiger partial charge in [0.2, 0.25) is 15.9 Å². The lowest BCUT2D eigenvalue weighted by atomic mass is 9.99. The lowest BCUT2D eigenvalue weighted by molar-refractivity contribution is -0.143. The summed E-state index contributed by atoms with van der Waals surface area (Å²) in [6.07, 6.45) is 1.47. The molecule has 1 heterocycles. The summed E-state index contributed by atoms with van der Waals surface area (Å²) in [5, 5.41) is 12.7. The Kier molecular flexibility index (Phi) is 8.33. The number of carboxylic acids is 1. The maximum absolute atomic E-state index is 13.7. The summed E-state index contributed by atoms with van der Waals surface area (Å²) < 4.78 is 33.6. The molecule has 34 heavy (non-hydrogen) atoms. The minimum atomic E-state index is -4.12. The van der Waals surface area contributed by atoms with Crippen LogP contribution in [0.1, 0.15) is 39.5 Å². The predicted octanol–water partition coefficient (Wildman–Crippen LogP) is 3.52. The monoisotopic (exact) mass is 488 g/mol. The number of carboxylic acid groups (broad SMARTS) is 1. The van der Waals surface area contributed by atoms with E-state index in [4.69, 9.17) is 4.74 Å². The van der Waals surface area contributed by atoms with E-state index in [1.807, 2.05) is 13.8 Å². The number of amides is 1. The van der Waals surface area contributed by atoms with Crippen LogP contribution in [0.25, 0.3) is 11.1 Å². The molecular weight excluding hydrogens is 456 g/mol. The van der Waals surface area contributed by atoms with Crippen LogP contribution >= 0.6 is 0 Å². The first-order valence-electron chi connectivity index (χ1n) is 11.4. The van der Waals surface area contributed by atoms with Gasteiger partial charge in [-0.3, -0.25) is 9.59 Å². The Balaban J connectivity index is 1.85. The number of aliphatic carboxylic acids is 1. The third-order valence-electron chi connectivity index (χ3n) is 6.03. The first kappa shape index (κ1) is 25.7. The van der Waals surface area contributed by atoms with E-state index in [1.165, 1.54) is 6.07 Å². The Morgan fingerprint density at radius 2 is 1.82 bits per heavy atom. The highest BCUT2D eigenvalue weighted by Gasteiger charge is 2.41.